The highest BCUT2D eigenvalue weighted by molar-refractivity contribution is 6.33. The summed E-state index contributed by atoms with van der Waals surface area (Å²) in [6, 6.07) is 16.1. The van der Waals surface area contributed by atoms with Crippen molar-refractivity contribution in [1.29, 1.82) is 0 Å². The summed E-state index contributed by atoms with van der Waals surface area (Å²) in [7, 11) is 1.21. The Bertz CT molecular complexity index is 1030. The monoisotopic (exact) mass is 412 g/mol. The molecule has 0 heterocycles. The molecule has 0 atom stereocenters. The Labute approximate surface area is 173 Å². The van der Waals surface area contributed by atoms with Crippen LogP contribution in [-0.4, -0.2) is 28.4 Å². The molecule has 6 heteroatoms. The van der Waals surface area contributed by atoms with Crippen molar-refractivity contribution < 1.29 is 24.9 Å². The number of aromatic hydroxyl groups is 3. The minimum Gasteiger partial charge on any atom is -0.508 e. The third-order valence-corrected chi connectivity index (χ3v) is 5.25. The topological polar surface area (TPSA) is 87.0 Å². The maximum Gasteiger partial charge on any atom is 0.341 e. The summed E-state index contributed by atoms with van der Waals surface area (Å²) in [5.74, 6) is -1.26. The van der Waals surface area contributed by atoms with Crippen LogP contribution in [-0.2, 0) is 24.0 Å². The van der Waals surface area contributed by atoms with Crippen molar-refractivity contribution in [2.75, 3.05) is 7.11 Å². The molecule has 0 aliphatic heterocycles. The Morgan fingerprint density at radius 3 is 2.31 bits per heavy atom. The summed E-state index contributed by atoms with van der Waals surface area (Å²) >= 11 is 6.22. The summed E-state index contributed by atoms with van der Waals surface area (Å²) in [5.41, 5.74) is 2.94. The van der Waals surface area contributed by atoms with Gasteiger partial charge in [-0.25, -0.2) is 4.79 Å². The fraction of sp³-hybridized carbons (Fsp3) is 0.174. The van der Waals surface area contributed by atoms with E-state index < -0.39 is 11.7 Å². The lowest BCUT2D eigenvalue weighted by molar-refractivity contribution is 0.0596. The number of phenolic OH excluding ortho intramolecular Hbond substituents is 3. The van der Waals surface area contributed by atoms with Gasteiger partial charge in [-0.05, 0) is 35.6 Å². The first-order valence-electron chi connectivity index (χ1n) is 9.07. The van der Waals surface area contributed by atoms with E-state index in [9.17, 15) is 20.1 Å². The van der Waals surface area contributed by atoms with Crippen LogP contribution in [0, 0.1) is 0 Å². The van der Waals surface area contributed by atoms with Crippen LogP contribution in [0.4, 0.5) is 0 Å². The first-order chi connectivity index (χ1) is 13.9. The molecule has 0 amide bonds. The van der Waals surface area contributed by atoms with E-state index in [1.54, 1.807) is 12.1 Å². The van der Waals surface area contributed by atoms with E-state index in [0.29, 0.717) is 18.4 Å². The summed E-state index contributed by atoms with van der Waals surface area (Å²) in [4.78, 5) is 12.1. The number of hydrogen-bond acceptors (Lipinski definition) is 5. The molecule has 3 aromatic carbocycles. The average Bonchev–Trinajstić information content (AvgIpc) is 2.72. The van der Waals surface area contributed by atoms with Crippen LogP contribution in [0.2, 0.25) is 5.02 Å². The van der Waals surface area contributed by atoms with E-state index >= 15 is 0 Å². The Hall–Kier alpha value is -3.18. The third-order valence-electron chi connectivity index (χ3n) is 4.83. The van der Waals surface area contributed by atoms with Gasteiger partial charge in [0, 0.05) is 18.1 Å². The van der Waals surface area contributed by atoms with Gasteiger partial charge in [-0.15, -0.1) is 0 Å². The molecule has 0 aromatic heterocycles. The lowest BCUT2D eigenvalue weighted by atomic mass is 9.93. The molecule has 5 nitrogen and oxygen atoms in total. The molecule has 3 aromatic rings. The average molecular weight is 413 g/mol. The Morgan fingerprint density at radius 2 is 1.62 bits per heavy atom. The predicted octanol–water partition coefficient (Wildman–Crippen LogP) is 4.62. The number of benzene rings is 3. The largest absolute Gasteiger partial charge is 0.508 e. The number of aryl methyl sites for hydroxylation is 1. The molecule has 0 saturated carbocycles. The van der Waals surface area contributed by atoms with Gasteiger partial charge in [0.2, 0.25) is 0 Å². The number of hydrogen-bond donors (Lipinski definition) is 3. The molecule has 0 fully saturated rings. The summed E-state index contributed by atoms with van der Waals surface area (Å²) in [6.07, 6.45) is 1.24. The number of esters is 1. The maximum absolute atomic E-state index is 12.1. The van der Waals surface area contributed by atoms with Gasteiger partial charge in [0.1, 0.15) is 22.8 Å². The second-order valence-electron chi connectivity index (χ2n) is 6.65. The minimum absolute atomic E-state index is 0.00652. The zero-order valence-corrected chi connectivity index (χ0v) is 16.6. The summed E-state index contributed by atoms with van der Waals surface area (Å²) < 4.78 is 4.75. The van der Waals surface area contributed by atoms with Crippen LogP contribution < -0.4 is 0 Å². The van der Waals surface area contributed by atoms with Gasteiger partial charge in [0.25, 0.3) is 0 Å². The first-order valence-corrected chi connectivity index (χ1v) is 9.45. The second-order valence-corrected chi connectivity index (χ2v) is 7.03. The molecule has 3 N–H and O–H groups in total. The molecule has 0 bridgehead atoms. The molecule has 0 aliphatic rings. The molecule has 0 unspecified atom stereocenters. The van der Waals surface area contributed by atoms with Crippen molar-refractivity contribution in [2.24, 2.45) is 0 Å². The SMILES string of the molecule is COC(=O)c1c(O)cc(O)c(Cl)c1CCc1cccc(O)c1Cc1ccccc1. The van der Waals surface area contributed by atoms with Crippen molar-refractivity contribution in [3.63, 3.8) is 0 Å². The quantitative estimate of drug-likeness (QED) is 0.514. The molecule has 0 radical (unpaired) electrons. The molecule has 29 heavy (non-hydrogen) atoms. The Kier molecular flexibility index (Phi) is 6.29. The van der Waals surface area contributed by atoms with Crippen LogP contribution in [0.25, 0.3) is 0 Å². The van der Waals surface area contributed by atoms with Crippen LogP contribution >= 0.6 is 11.6 Å². The molecular weight excluding hydrogens is 392 g/mol. The maximum atomic E-state index is 12.1. The zero-order chi connectivity index (χ0) is 21.0. The number of ether oxygens (including phenoxy) is 1. The molecule has 150 valence electrons. The normalized spacial score (nSPS) is 10.7. The van der Waals surface area contributed by atoms with Gasteiger partial charge in [-0.2, -0.15) is 0 Å². The van der Waals surface area contributed by atoms with Crippen LogP contribution in [0.15, 0.2) is 54.6 Å². The number of phenols is 3. The molecular formula is C23H21ClO5. The summed E-state index contributed by atoms with van der Waals surface area (Å²) in [5, 5.41) is 30.5. The lowest BCUT2D eigenvalue weighted by Gasteiger charge is -2.15. The lowest BCUT2D eigenvalue weighted by Crippen LogP contribution is -2.09. The van der Waals surface area contributed by atoms with Crippen molar-refractivity contribution in [3.05, 3.63) is 87.4 Å². The van der Waals surface area contributed by atoms with Crippen molar-refractivity contribution >= 4 is 17.6 Å². The molecule has 0 aliphatic carbocycles. The van der Waals surface area contributed by atoms with Gasteiger partial charge >= 0.3 is 5.97 Å². The van der Waals surface area contributed by atoms with Gasteiger partial charge < -0.3 is 20.1 Å². The number of methoxy groups -OCH3 is 1. The summed E-state index contributed by atoms with van der Waals surface area (Å²) in [6.45, 7) is 0. The fourth-order valence-electron chi connectivity index (χ4n) is 3.37. The van der Waals surface area contributed by atoms with E-state index in [1.807, 2.05) is 36.4 Å². The van der Waals surface area contributed by atoms with E-state index in [-0.39, 0.29) is 28.5 Å². The number of rotatable bonds is 6. The van der Waals surface area contributed by atoms with Gasteiger partial charge in [0.15, 0.2) is 0 Å². The first kappa shape index (κ1) is 20.6. The Balaban J connectivity index is 1.95. The van der Waals surface area contributed by atoms with Crippen LogP contribution in [0.3, 0.4) is 0 Å². The molecule has 0 spiro atoms. The third kappa shape index (κ3) is 4.46. The number of halogens is 1. The van der Waals surface area contributed by atoms with Crippen molar-refractivity contribution in [3.8, 4) is 17.2 Å². The van der Waals surface area contributed by atoms with E-state index in [2.05, 4.69) is 0 Å². The number of carbonyl (C=O) groups excluding carboxylic acids is 1. The smallest absolute Gasteiger partial charge is 0.341 e. The molecule has 3 rings (SSSR count). The zero-order valence-electron chi connectivity index (χ0n) is 15.9. The highest BCUT2D eigenvalue weighted by atomic mass is 35.5. The molecule has 0 saturated heterocycles. The van der Waals surface area contributed by atoms with Gasteiger partial charge in [-0.1, -0.05) is 54.1 Å². The van der Waals surface area contributed by atoms with E-state index in [0.717, 1.165) is 22.8 Å². The van der Waals surface area contributed by atoms with Crippen LogP contribution in [0.1, 0.15) is 32.6 Å². The van der Waals surface area contributed by atoms with Gasteiger partial charge in [-0.3, -0.25) is 0 Å². The minimum atomic E-state index is -0.736. The highest BCUT2D eigenvalue weighted by Gasteiger charge is 2.23. The van der Waals surface area contributed by atoms with Crippen molar-refractivity contribution in [1.82, 2.24) is 0 Å². The van der Waals surface area contributed by atoms with E-state index in [1.165, 1.54) is 7.11 Å². The Morgan fingerprint density at radius 1 is 0.897 bits per heavy atom. The van der Waals surface area contributed by atoms with Crippen LogP contribution in [0.5, 0.6) is 17.2 Å². The van der Waals surface area contributed by atoms with E-state index in [4.69, 9.17) is 16.3 Å². The van der Waals surface area contributed by atoms with Crippen molar-refractivity contribution in [2.45, 2.75) is 19.3 Å². The van der Waals surface area contributed by atoms with Gasteiger partial charge in [0.05, 0.1) is 12.1 Å². The predicted molar refractivity (Wildman–Crippen MR) is 111 cm³/mol. The standard InChI is InChI=1S/C23H21ClO5/c1-29-23(28)21-16(22(24)20(27)13-19(21)26)11-10-15-8-5-9-18(25)17(15)12-14-6-3-2-4-7-14/h2-9,13,25-27H,10-12H2,1H3. The highest BCUT2D eigenvalue weighted by Crippen LogP contribution is 2.37. The fourth-order valence-corrected chi connectivity index (χ4v) is 3.61. The number of carbonyl (C=O) groups is 1. The second kappa shape index (κ2) is 8.88.